The summed E-state index contributed by atoms with van der Waals surface area (Å²) in [5, 5.41) is 0. The van der Waals surface area contributed by atoms with Gasteiger partial charge in [0.1, 0.15) is 0 Å². The Labute approximate surface area is 116 Å². The molecule has 19 heavy (non-hydrogen) atoms. The van der Waals surface area contributed by atoms with Crippen molar-refractivity contribution in [2.24, 2.45) is 11.1 Å². The fraction of sp³-hybridized carbons (Fsp3) is 0.917. The number of nitrogens with zero attached hydrogens (tertiary/aromatic N) is 1. The van der Waals surface area contributed by atoms with Crippen molar-refractivity contribution in [3.8, 4) is 0 Å². The van der Waals surface area contributed by atoms with Gasteiger partial charge >= 0.3 is 5.97 Å². The van der Waals surface area contributed by atoms with Crippen LogP contribution in [0.2, 0.25) is 0 Å². The lowest BCUT2D eigenvalue weighted by Gasteiger charge is -2.30. The van der Waals surface area contributed by atoms with Crippen molar-refractivity contribution >= 4 is 16.0 Å². The third kappa shape index (κ3) is 6.89. The van der Waals surface area contributed by atoms with Crippen molar-refractivity contribution in [1.29, 1.82) is 0 Å². The van der Waals surface area contributed by atoms with E-state index in [0.717, 1.165) is 0 Å². The predicted molar refractivity (Wildman–Crippen MR) is 75.1 cm³/mol. The SMILES string of the molecule is CCOC(=O)CCS(=O)(=O)N(CC)CC(C)(C)CN. The molecule has 0 aromatic rings. The minimum Gasteiger partial charge on any atom is -0.466 e. The summed E-state index contributed by atoms with van der Waals surface area (Å²) in [5.74, 6) is -0.708. The number of esters is 1. The van der Waals surface area contributed by atoms with E-state index < -0.39 is 16.0 Å². The summed E-state index contributed by atoms with van der Waals surface area (Å²) in [6, 6.07) is 0. The van der Waals surface area contributed by atoms with Crippen LogP contribution in [0.5, 0.6) is 0 Å². The van der Waals surface area contributed by atoms with Crippen molar-refractivity contribution in [1.82, 2.24) is 4.31 Å². The molecule has 0 fully saturated rings. The van der Waals surface area contributed by atoms with Gasteiger partial charge in [-0.25, -0.2) is 12.7 Å². The van der Waals surface area contributed by atoms with Crippen LogP contribution in [-0.2, 0) is 19.6 Å². The molecule has 0 aromatic heterocycles. The Balaban J connectivity index is 4.62. The second-order valence-electron chi connectivity index (χ2n) is 5.17. The van der Waals surface area contributed by atoms with Crippen LogP contribution in [0.1, 0.15) is 34.1 Å². The van der Waals surface area contributed by atoms with Gasteiger partial charge in [-0.05, 0) is 18.9 Å². The molecule has 0 aliphatic heterocycles. The van der Waals surface area contributed by atoms with Crippen molar-refractivity contribution in [3.63, 3.8) is 0 Å². The lowest BCUT2D eigenvalue weighted by Crippen LogP contribution is -2.43. The first-order chi connectivity index (χ1) is 8.68. The third-order valence-electron chi connectivity index (χ3n) is 2.77. The number of ether oxygens (including phenoxy) is 1. The monoisotopic (exact) mass is 294 g/mol. The van der Waals surface area contributed by atoms with E-state index in [2.05, 4.69) is 0 Å². The number of carbonyl (C=O) groups is 1. The molecular formula is C12H26N2O4S. The molecule has 2 N–H and O–H groups in total. The van der Waals surface area contributed by atoms with E-state index >= 15 is 0 Å². The highest BCUT2D eigenvalue weighted by molar-refractivity contribution is 7.89. The molecule has 0 aliphatic rings. The average molecular weight is 294 g/mol. The Morgan fingerprint density at radius 2 is 1.89 bits per heavy atom. The number of nitrogens with two attached hydrogens (primary N) is 1. The van der Waals surface area contributed by atoms with Crippen molar-refractivity contribution in [3.05, 3.63) is 0 Å². The smallest absolute Gasteiger partial charge is 0.306 e. The largest absolute Gasteiger partial charge is 0.466 e. The molecule has 0 aliphatic carbocycles. The van der Waals surface area contributed by atoms with Crippen LogP contribution in [0, 0.1) is 5.41 Å². The van der Waals surface area contributed by atoms with Crippen molar-refractivity contribution in [2.45, 2.75) is 34.1 Å². The molecule has 114 valence electrons. The van der Waals surface area contributed by atoms with Crippen LogP contribution in [0.25, 0.3) is 0 Å². The third-order valence-corrected chi connectivity index (χ3v) is 4.67. The quantitative estimate of drug-likeness (QED) is 0.628. The first-order valence-electron chi connectivity index (χ1n) is 6.52. The fourth-order valence-electron chi connectivity index (χ4n) is 1.52. The van der Waals surface area contributed by atoms with Gasteiger partial charge in [0.2, 0.25) is 10.0 Å². The van der Waals surface area contributed by atoms with E-state index in [9.17, 15) is 13.2 Å². The minimum absolute atomic E-state index is 0.115. The Bertz CT molecular complexity index is 379. The highest BCUT2D eigenvalue weighted by Crippen LogP contribution is 2.17. The van der Waals surface area contributed by atoms with Crippen LogP contribution >= 0.6 is 0 Å². The molecule has 0 radical (unpaired) electrons. The van der Waals surface area contributed by atoms with E-state index in [1.165, 1.54) is 4.31 Å². The summed E-state index contributed by atoms with van der Waals surface area (Å²) in [5.41, 5.74) is 5.33. The summed E-state index contributed by atoms with van der Waals surface area (Å²) in [6.45, 7) is 8.67. The highest BCUT2D eigenvalue weighted by Gasteiger charge is 2.28. The van der Waals surface area contributed by atoms with Crippen molar-refractivity contribution < 1.29 is 17.9 Å². The zero-order chi connectivity index (χ0) is 15.1. The van der Waals surface area contributed by atoms with Crippen LogP contribution < -0.4 is 5.73 Å². The fourth-order valence-corrected chi connectivity index (χ4v) is 3.15. The molecule has 7 heteroatoms. The Morgan fingerprint density at radius 3 is 2.32 bits per heavy atom. The van der Waals surface area contributed by atoms with Gasteiger partial charge in [-0.15, -0.1) is 0 Å². The maximum absolute atomic E-state index is 12.1. The molecule has 0 bridgehead atoms. The molecule has 0 atom stereocenters. The molecule has 0 saturated carbocycles. The molecule has 0 aromatic carbocycles. The summed E-state index contributed by atoms with van der Waals surface area (Å²) < 4.78 is 30.4. The van der Waals surface area contributed by atoms with Gasteiger partial charge in [0.05, 0.1) is 18.8 Å². The maximum atomic E-state index is 12.1. The topological polar surface area (TPSA) is 89.7 Å². The number of carbonyl (C=O) groups excluding carboxylic acids is 1. The summed E-state index contributed by atoms with van der Waals surface area (Å²) in [6.07, 6.45) is -0.115. The normalized spacial score (nSPS) is 12.7. The van der Waals surface area contributed by atoms with Gasteiger partial charge in [0.15, 0.2) is 0 Å². The minimum atomic E-state index is -3.45. The zero-order valence-electron chi connectivity index (χ0n) is 12.3. The summed E-state index contributed by atoms with van der Waals surface area (Å²) in [7, 11) is -3.45. The summed E-state index contributed by atoms with van der Waals surface area (Å²) in [4.78, 5) is 11.2. The summed E-state index contributed by atoms with van der Waals surface area (Å²) >= 11 is 0. The molecule has 0 rings (SSSR count). The number of sulfonamides is 1. The lowest BCUT2D eigenvalue weighted by molar-refractivity contribution is -0.142. The van der Waals surface area contributed by atoms with Gasteiger partial charge in [0.25, 0.3) is 0 Å². The van der Waals surface area contributed by atoms with E-state index in [0.29, 0.717) is 19.6 Å². The van der Waals surface area contributed by atoms with E-state index in [4.69, 9.17) is 10.5 Å². The van der Waals surface area contributed by atoms with Crippen molar-refractivity contribution in [2.75, 3.05) is 32.0 Å². The van der Waals surface area contributed by atoms with Gasteiger partial charge in [0, 0.05) is 13.1 Å². The maximum Gasteiger partial charge on any atom is 0.306 e. The first kappa shape index (κ1) is 18.3. The van der Waals surface area contributed by atoms with Gasteiger partial charge in [-0.3, -0.25) is 4.79 Å². The molecule has 0 unspecified atom stereocenters. The standard InChI is InChI=1S/C12H26N2O4S/c1-5-14(10-12(3,4)9-13)19(16,17)8-7-11(15)18-6-2/h5-10,13H2,1-4H3. The van der Waals surface area contributed by atoms with E-state index in [1.54, 1.807) is 13.8 Å². The molecule has 0 heterocycles. The lowest BCUT2D eigenvalue weighted by atomic mass is 9.94. The average Bonchev–Trinajstić information content (AvgIpc) is 2.34. The Morgan fingerprint density at radius 1 is 1.32 bits per heavy atom. The molecular weight excluding hydrogens is 268 g/mol. The number of hydrogen-bond donors (Lipinski definition) is 1. The van der Waals surface area contributed by atoms with E-state index in [-0.39, 0.29) is 24.2 Å². The van der Waals surface area contributed by atoms with Crippen LogP contribution in [0.15, 0.2) is 0 Å². The van der Waals surface area contributed by atoms with Crippen LogP contribution in [-0.4, -0.2) is 50.7 Å². The van der Waals surface area contributed by atoms with E-state index in [1.807, 2.05) is 13.8 Å². The molecule has 6 nitrogen and oxygen atoms in total. The van der Waals surface area contributed by atoms with Gasteiger partial charge in [-0.1, -0.05) is 20.8 Å². The zero-order valence-corrected chi connectivity index (χ0v) is 13.1. The van der Waals surface area contributed by atoms with Gasteiger partial charge in [-0.2, -0.15) is 0 Å². The van der Waals surface area contributed by atoms with Crippen LogP contribution in [0.4, 0.5) is 0 Å². The number of rotatable bonds is 9. The Hall–Kier alpha value is -0.660. The van der Waals surface area contributed by atoms with Crippen LogP contribution in [0.3, 0.4) is 0 Å². The highest BCUT2D eigenvalue weighted by atomic mass is 32.2. The molecule has 0 saturated heterocycles. The number of hydrogen-bond acceptors (Lipinski definition) is 5. The first-order valence-corrected chi connectivity index (χ1v) is 8.13. The Kier molecular flexibility index (Phi) is 7.54. The second kappa shape index (κ2) is 7.81. The molecule has 0 amide bonds. The van der Waals surface area contributed by atoms with Gasteiger partial charge < -0.3 is 10.5 Å². The molecule has 0 spiro atoms. The second-order valence-corrected chi connectivity index (χ2v) is 7.25. The predicted octanol–water partition coefficient (Wildman–Crippen LogP) is 0.576.